The van der Waals surface area contributed by atoms with Gasteiger partial charge in [0.15, 0.2) is 0 Å². The molecule has 1 aromatic heterocycles. The number of amides is 2. The number of hydrazone groups is 1. The first-order chi connectivity index (χ1) is 15.3. The van der Waals surface area contributed by atoms with Gasteiger partial charge < -0.3 is 9.88 Å². The van der Waals surface area contributed by atoms with E-state index in [1.165, 1.54) is 6.07 Å². The molecule has 0 spiro atoms. The third-order valence-electron chi connectivity index (χ3n) is 5.08. The Hall–Kier alpha value is -2.83. The molecule has 2 N–H and O–H groups in total. The third kappa shape index (κ3) is 5.50. The van der Waals surface area contributed by atoms with E-state index in [0.29, 0.717) is 10.6 Å². The number of nitrogens with zero attached hydrogens (tertiary/aromatic N) is 2. The molecule has 0 saturated carbocycles. The molecule has 3 rings (SSSR count). The summed E-state index contributed by atoms with van der Waals surface area (Å²) < 4.78 is 2.17. The maximum absolute atomic E-state index is 12.7. The standard InChI is InChI=1S/C24H26Cl2N4O2/c1-4-11-30-14-17(18-7-5-6-8-21(18)30)13-27-29-24(32)22(15(2)3)28-23(31)16-9-10-19(25)20(26)12-16/h5-10,12-15,22H,4,11H2,1-3H3,(H,28,31)(H,29,32). The van der Waals surface area contributed by atoms with Crippen molar-refractivity contribution >= 4 is 52.1 Å². The number of halogens is 2. The van der Waals surface area contributed by atoms with Gasteiger partial charge >= 0.3 is 0 Å². The van der Waals surface area contributed by atoms with Gasteiger partial charge in [0.2, 0.25) is 0 Å². The van der Waals surface area contributed by atoms with Crippen LogP contribution in [0.25, 0.3) is 10.9 Å². The van der Waals surface area contributed by atoms with Gasteiger partial charge in [0, 0.05) is 34.8 Å². The fourth-order valence-corrected chi connectivity index (χ4v) is 3.73. The summed E-state index contributed by atoms with van der Waals surface area (Å²) in [5.41, 5.74) is 4.91. The van der Waals surface area contributed by atoms with E-state index in [4.69, 9.17) is 23.2 Å². The smallest absolute Gasteiger partial charge is 0.262 e. The summed E-state index contributed by atoms with van der Waals surface area (Å²) in [6, 6.07) is 11.9. The van der Waals surface area contributed by atoms with Crippen molar-refractivity contribution in [1.82, 2.24) is 15.3 Å². The van der Waals surface area contributed by atoms with Crippen LogP contribution < -0.4 is 10.7 Å². The van der Waals surface area contributed by atoms with Gasteiger partial charge in [0.05, 0.1) is 16.3 Å². The molecule has 1 unspecified atom stereocenters. The summed E-state index contributed by atoms with van der Waals surface area (Å²) in [5, 5.41) is 8.59. The number of carbonyl (C=O) groups is 2. The number of hydrogen-bond donors (Lipinski definition) is 2. The van der Waals surface area contributed by atoms with Crippen LogP contribution in [0.2, 0.25) is 10.0 Å². The van der Waals surface area contributed by atoms with E-state index in [2.05, 4.69) is 33.4 Å². The lowest BCUT2D eigenvalue weighted by atomic mass is 10.0. The molecule has 1 atom stereocenters. The molecule has 32 heavy (non-hydrogen) atoms. The number of aryl methyl sites for hydroxylation is 1. The molecule has 0 saturated heterocycles. The van der Waals surface area contributed by atoms with Crippen molar-refractivity contribution in [1.29, 1.82) is 0 Å². The van der Waals surface area contributed by atoms with Gasteiger partial charge in [-0.15, -0.1) is 0 Å². The normalized spacial score (nSPS) is 12.4. The lowest BCUT2D eigenvalue weighted by Crippen LogP contribution is -2.48. The summed E-state index contributed by atoms with van der Waals surface area (Å²) in [7, 11) is 0. The van der Waals surface area contributed by atoms with Crippen molar-refractivity contribution in [3.8, 4) is 0 Å². The van der Waals surface area contributed by atoms with Crippen LogP contribution in [0.15, 0.2) is 53.8 Å². The third-order valence-corrected chi connectivity index (χ3v) is 5.82. The van der Waals surface area contributed by atoms with Crippen LogP contribution in [0.1, 0.15) is 43.1 Å². The Labute approximate surface area is 197 Å². The summed E-state index contributed by atoms with van der Waals surface area (Å²) in [6.45, 7) is 6.72. The molecule has 0 bridgehead atoms. The fraction of sp³-hybridized carbons (Fsp3) is 0.292. The van der Waals surface area contributed by atoms with Crippen LogP contribution in [0, 0.1) is 5.92 Å². The molecule has 1 heterocycles. The van der Waals surface area contributed by atoms with Gasteiger partial charge in [0.25, 0.3) is 11.8 Å². The van der Waals surface area contributed by atoms with E-state index < -0.39 is 17.9 Å². The first-order valence-corrected chi connectivity index (χ1v) is 11.2. The molecular weight excluding hydrogens is 447 g/mol. The van der Waals surface area contributed by atoms with Crippen LogP contribution in [0.3, 0.4) is 0 Å². The second-order valence-electron chi connectivity index (χ2n) is 7.85. The highest BCUT2D eigenvalue weighted by Crippen LogP contribution is 2.23. The van der Waals surface area contributed by atoms with Crippen molar-refractivity contribution in [2.45, 2.75) is 39.8 Å². The lowest BCUT2D eigenvalue weighted by molar-refractivity contribution is -0.123. The highest BCUT2D eigenvalue weighted by atomic mass is 35.5. The minimum atomic E-state index is -0.768. The average molecular weight is 473 g/mol. The molecule has 0 fully saturated rings. The van der Waals surface area contributed by atoms with E-state index in [9.17, 15) is 9.59 Å². The van der Waals surface area contributed by atoms with Gasteiger partial charge in [-0.05, 0) is 36.6 Å². The fourth-order valence-electron chi connectivity index (χ4n) is 3.44. The Balaban J connectivity index is 1.71. The van der Waals surface area contributed by atoms with Gasteiger partial charge in [-0.25, -0.2) is 5.43 Å². The van der Waals surface area contributed by atoms with Crippen molar-refractivity contribution < 1.29 is 9.59 Å². The second kappa shape index (κ2) is 10.7. The minimum absolute atomic E-state index is 0.150. The minimum Gasteiger partial charge on any atom is -0.347 e. The molecule has 2 amide bonds. The quantitative estimate of drug-likeness (QED) is 0.346. The predicted octanol–water partition coefficient (Wildman–Crippen LogP) is 5.26. The Morgan fingerprint density at radius 1 is 1.12 bits per heavy atom. The van der Waals surface area contributed by atoms with Gasteiger partial charge in [-0.3, -0.25) is 9.59 Å². The number of fused-ring (bicyclic) bond motifs is 1. The van der Waals surface area contributed by atoms with Crippen LogP contribution in [0.4, 0.5) is 0 Å². The molecule has 0 radical (unpaired) electrons. The largest absolute Gasteiger partial charge is 0.347 e. The Morgan fingerprint density at radius 2 is 1.88 bits per heavy atom. The van der Waals surface area contributed by atoms with E-state index in [-0.39, 0.29) is 10.9 Å². The van der Waals surface area contributed by atoms with Gasteiger partial charge in [-0.1, -0.05) is 62.2 Å². The summed E-state index contributed by atoms with van der Waals surface area (Å²) >= 11 is 11.9. The van der Waals surface area contributed by atoms with Crippen LogP contribution in [-0.2, 0) is 11.3 Å². The zero-order valence-electron chi connectivity index (χ0n) is 18.2. The molecule has 8 heteroatoms. The molecule has 6 nitrogen and oxygen atoms in total. The number of rotatable bonds is 8. The predicted molar refractivity (Wildman–Crippen MR) is 131 cm³/mol. The maximum atomic E-state index is 12.7. The Morgan fingerprint density at radius 3 is 2.56 bits per heavy atom. The topological polar surface area (TPSA) is 75.5 Å². The first kappa shape index (κ1) is 23.8. The van der Waals surface area contributed by atoms with Gasteiger partial charge in [0.1, 0.15) is 6.04 Å². The first-order valence-electron chi connectivity index (χ1n) is 10.5. The molecule has 168 valence electrons. The molecule has 0 aliphatic rings. The van der Waals surface area contributed by atoms with E-state index in [1.54, 1.807) is 18.3 Å². The van der Waals surface area contributed by atoms with Crippen molar-refractivity contribution in [3.63, 3.8) is 0 Å². The Kier molecular flexibility index (Phi) is 7.94. The van der Waals surface area contributed by atoms with Crippen LogP contribution in [-0.4, -0.2) is 28.6 Å². The highest BCUT2D eigenvalue weighted by molar-refractivity contribution is 6.42. The summed E-state index contributed by atoms with van der Waals surface area (Å²) in [5.74, 6) is -0.964. The van der Waals surface area contributed by atoms with Crippen molar-refractivity contribution in [2.75, 3.05) is 0 Å². The average Bonchev–Trinajstić information content (AvgIpc) is 3.11. The number of aromatic nitrogens is 1. The second-order valence-corrected chi connectivity index (χ2v) is 8.67. The number of hydrogen-bond acceptors (Lipinski definition) is 3. The van der Waals surface area contributed by atoms with E-state index >= 15 is 0 Å². The Bertz CT molecular complexity index is 1150. The SMILES string of the molecule is CCCn1cc(C=NNC(=O)C(NC(=O)c2ccc(Cl)c(Cl)c2)C(C)C)c2ccccc21. The zero-order chi connectivity index (χ0) is 23.3. The van der Waals surface area contributed by atoms with Gasteiger partial charge in [-0.2, -0.15) is 5.10 Å². The zero-order valence-corrected chi connectivity index (χ0v) is 19.7. The van der Waals surface area contributed by atoms with Crippen LogP contribution >= 0.6 is 23.2 Å². The summed E-state index contributed by atoms with van der Waals surface area (Å²) in [6.07, 6.45) is 4.67. The van der Waals surface area contributed by atoms with Crippen LogP contribution in [0.5, 0.6) is 0 Å². The number of benzene rings is 2. The molecule has 0 aliphatic carbocycles. The maximum Gasteiger partial charge on any atom is 0.262 e. The van der Waals surface area contributed by atoms with Crippen molar-refractivity contribution in [2.24, 2.45) is 11.0 Å². The number of nitrogens with one attached hydrogen (secondary N) is 2. The number of carbonyl (C=O) groups excluding carboxylic acids is 2. The molecule has 0 aliphatic heterocycles. The van der Waals surface area contributed by atoms with Crippen molar-refractivity contribution in [3.05, 3.63) is 69.8 Å². The lowest BCUT2D eigenvalue weighted by Gasteiger charge is -2.20. The molecule has 2 aromatic carbocycles. The monoisotopic (exact) mass is 472 g/mol. The van der Waals surface area contributed by atoms with E-state index in [1.807, 2.05) is 38.2 Å². The van der Waals surface area contributed by atoms with E-state index in [0.717, 1.165) is 29.4 Å². The molecule has 3 aromatic rings. The highest BCUT2D eigenvalue weighted by Gasteiger charge is 2.24. The molecular formula is C24H26Cl2N4O2. The number of para-hydroxylation sites is 1. The summed E-state index contributed by atoms with van der Waals surface area (Å²) in [4.78, 5) is 25.3.